The second-order valence-corrected chi connectivity index (χ2v) is 3.05. The molecule has 74 valence electrons. The van der Waals surface area contributed by atoms with Gasteiger partial charge in [0.05, 0.1) is 6.20 Å². The van der Waals surface area contributed by atoms with Gasteiger partial charge in [-0.25, -0.2) is 0 Å². The molecule has 2 rings (SSSR count). The van der Waals surface area contributed by atoms with E-state index < -0.39 is 0 Å². The Balaban J connectivity index is 2.07. The fourth-order valence-corrected chi connectivity index (χ4v) is 1.39. The molecule has 0 aromatic carbocycles. The van der Waals surface area contributed by atoms with Crippen LogP contribution in [0.15, 0.2) is 12.3 Å². The zero-order valence-electron chi connectivity index (χ0n) is 7.68. The first kappa shape index (κ1) is 9.01. The maximum absolute atomic E-state index is 11.8. The van der Waals surface area contributed by atoms with Gasteiger partial charge in [0.15, 0.2) is 5.69 Å². The lowest BCUT2D eigenvalue weighted by Gasteiger charge is -2.26. The molecule has 0 atom stereocenters. The smallest absolute Gasteiger partial charge is 0.274 e. The van der Waals surface area contributed by atoms with Gasteiger partial charge in [-0.3, -0.25) is 4.79 Å². The molecule has 6 nitrogen and oxygen atoms in total. The van der Waals surface area contributed by atoms with Crippen LogP contribution in [0.3, 0.4) is 0 Å². The molecule has 1 fully saturated rings. The number of nitrogens with one attached hydrogen (secondary N) is 1. The standard InChI is InChI=1S/C8H11N5O/c14-8(7-1-2-10-12-11-7)13-5-3-9-4-6-13/h1-2,9H,3-6H2. The highest BCUT2D eigenvalue weighted by Crippen LogP contribution is 2.00. The fraction of sp³-hybridized carbons (Fsp3) is 0.500. The predicted molar refractivity (Wildman–Crippen MR) is 48.6 cm³/mol. The van der Waals surface area contributed by atoms with Crippen LogP contribution in [0.25, 0.3) is 0 Å². The predicted octanol–water partition coefficient (Wildman–Crippen LogP) is -1.08. The van der Waals surface area contributed by atoms with Crippen molar-refractivity contribution < 1.29 is 4.79 Å². The number of aromatic nitrogens is 3. The molecule has 1 aromatic rings. The topological polar surface area (TPSA) is 71.0 Å². The van der Waals surface area contributed by atoms with Gasteiger partial charge in [0.25, 0.3) is 5.91 Å². The van der Waals surface area contributed by atoms with Crippen molar-refractivity contribution >= 4 is 5.91 Å². The summed E-state index contributed by atoms with van der Waals surface area (Å²) in [5, 5.41) is 13.8. The van der Waals surface area contributed by atoms with E-state index in [4.69, 9.17) is 0 Å². The summed E-state index contributed by atoms with van der Waals surface area (Å²) in [5.41, 5.74) is 0.363. The monoisotopic (exact) mass is 193 g/mol. The minimum atomic E-state index is -0.0681. The fourth-order valence-electron chi connectivity index (χ4n) is 1.39. The van der Waals surface area contributed by atoms with Crippen LogP contribution in [-0.2, 0) is 0 Å². The van der Waals surface area contributed by atoms with E-state index in [0.717, 1.165) is 26.2 Å². The van der Waals surface area contributed by atoms with Crippen molar-refractivity contribution in [2.24, 2.45) is 0 Å². The van der Waals surface area contributed by atoms with E-state index in [0.29, 0.717) is 5.69 Å². The van der Waals surface area contributed by atoms with Crippen LogP contribution >= 0.6 is 0 Å². The molecule has 0 bridgehead atoms. The van der Waals surface area contributed by atoms with Gasteiger partial charge in [0.2, 0.25) is 0 Å². The third kappa shape index (κ3) is 1.85. The van der Waals surface area contributed by atoms with E-state index >= 15 is 0 Å². The molecule has 1 aliphatic heterocycles. The minimum absolute atomic E-state index is 0.0681. The van der Waals surface area contributed by atoms with Gasteiger partial charge in [0, 0.05) is 26.2 Å². The molecular formula is C8H11N5O. The van der Waals surface area contributed by atoms with E-state index in [1.54, 1.807) is 11.0 Å². The number of hydrogen-bond donors (Lipinski definition) is 1. The summed E-state index contributed by atoms with van der Waals surface area (Å²) in [5.74, 6) is -0.0681. The Kier molecular flexibility index (Phi) is 2.64. The molecular weight excluding hydrogens is 182 g/mol. The number of amides is 1. The van der Waals surface area contributed by atoms with Crippen molar-refractivity contribution in [3.8, 4) is 0 Å². The van der Waals surface area contributed by atoms with Gasteiger partial charge in [-0.05, 0) is 11.3 Å². The highest BCUT2D eigenvalue weighted by molar-refractivity contribution is 5.92. The number of rotatable bonds is 1. The Morgan fingerprint density at radius 1 is 1.43 bits per heavy atom. The molecule has 1 amide bonds. The Morgan fingerprint density at radius 3 is 2.86 bits per heavy atom. The molecule has 1 N–H and O–H groups in total. The Bertz CT molecular complexity index is 309. The van der Waals surface area contributed by atoms with Crippen molar-refractivity contribution in [1.82, 2.24) is 25.6 Å². The molecule has 1 aliphatic rings. The second-order valence-electron chi connectivity index (χ2n) is 3.05. The summed E-state index contributed by atoms with van der Waals surface area (Å²) in [6.07, 6.45) is 1.47. The first-order valence-electron chi connectivity index (χ1n) is 4.52. The molecule has 0 saturated carbocycles. The summed E-state index contributed by atoms with van der Waals surface area (Å²) in [7, 11) is 0. The van der Waals surface area contributed by atoms with Gasteiger partial charge in [-0.2, -0.15) is 0 Å². The van der Waals surface area contributed by atoms with E-state index in [2.05, 4.69) is 20.7 Å². The van der Waals surface area contributed by atoms with Crippen LogP contribution in [0.2, 0.25) is 0 Å². The van der Waals surface area contributed by atoms with Gasteiger partial charge in [-0.15, -0.1) is 10.2 Å². The minimum Gasteiger partial charge on any atom is -0.335 e. The summed E-state index contributed by atoms with van der Waals surface area (Å²) in [6, 6.07) is 1.58. The molecule has 0 radical (unpaired) electrons. The van der Waals surface area contributed by atoms with Crippen molar-refractivity contribution in [2.45, 2.75) is 0 Å². The zero-order chi connectivity index (χ0) is 9.80. The molecule has 14 heavy (non-hydrogen) atoms. The molecule has 1 saturated heterocycles. The third-order valence-electron chi connectivity index (χ3n) is 2.13. The number of nitrogens with zero attached hydrogens (tertiary/aromatic N) is 4. The normalized spacial score (nSPS) is 16.7. The second kappa shape index (κ2) is 4.10. The zero-order valence-corrected chi connectivity index (χ0v) is 7.68. The van der Waals surface area contributed by atoms with Crippen molar-refractivity contribution in [1.29, 1.82) is 0 Å². The number of piperazine rings is 1. The molecule has 2 heterocycles. The lowest BCUT2D eigenvalue weighted by atomic mass is 10.3. The third-order valence-corrected chi connectivity index (χ3v) is 2.13. The van der Waals surface area contributed by atoms with Gasteiger partial charge in [0.1, 0.15) is 0 Å². The lowest BCUT2D eigenvalue weighted by Crippen LogP contribution is -2.46. The summed E-state index contributed by atoms with van der Waals surface area (Å²) in [6.45, 7) is 3.13. The van der Waals surface area contributed by atoms with Crippen molar-refractivity contribution in [3.05, 3.63) is 18.0 Å². The average Bonchev–Trinajstić information content (AvgIpc) is 2.30. The Morgan fingerprint density at radius 2 is 2.21 bits per heavy atom. The number of carbonyl (C=O) groups excluding carboxylic acids is 1. The Hall–Kier alpha value is -1.56. The van der Waals surface area contributed by atoms with Crippen molar-refractivity contribution in [2.75, 3.05) is 26.2 Å². The van der Waals surface area contributed by atoms with E-state index in [1.807, 2.05) is 0 Å². The van der Waals surface area contributed by atoms with Crippen LogP contribution in [0.5, 0.6) is 0 Å². The molecule has 0 unspecified atom stereocenters. The lowest BCUT2D eigenvalue weighted by molar-refractivity contribution is 0.0728. The summed E-state index contributed by atoms with van der Waals surface area (Å²) < 4.78 is 0. The molecule has 6 heteroatoms. The van der Waals surface area contributed by atoms with Crippen LogP contribution < -0.4 is 5.32 Å². The first-order valence-corrected chi connectivity index (χ1v) is 4.52. The first-order chi connectivity index (χ1) is 6.88. The summed E-state index contributed by atoms with van der Waals surface area (Å²) in [4.78, 5) is 13.5. The largest absolute Gasteiger partial charge is 0.335 e. The number of carbonyl (C=O) groups is 1. The highest BCUT2D eigenvalue weighted by atomic mass is 16.2. The van der Waals surface area contributed by atoms with Gasteiger partial charge in [-0.1, -0.05) is 0 Å². The molecule has 0 aliphatic carbocycles. The average molecular weight is 193 g/mol. The Labute approximate surface area is 81.3 Å². The maximum atomic E-state index is 11.8. The maximum Gasteiger partial charge on any atom is 0.274 e. The quantitative estimate of drug-likeness (QED) is 0.614. The SMILES string of the molecule is O=C(c1ccnnn1)N1CCNCC1. The van der Waals surface area contributed by atoms with Gasteiger partial charge >= 0.3 is 0 Å². The van der Waals surface area contributed by atoms with Crippen LogP contribution in [0.1, 0.15) is 10.5 Å². The molecule has 0 spiro atoms. The van der Waals surface area contributed by atoms with E-state index in [9.17, 15) is 4.79 Å². The van der Waals surface area contributed by atoms with Crippen molar-refractivity contribution in [3.63, 3.8) is 0 Å². The molecule has 1 aromatic heterocycles. The number of hydrogen-bond acceptors (Lipinski definition) is 5. The van der Waals surface area contributed by atoms with Crippen LogP contribution in [0.4, 0.5) is 0 Å². The van der Waals surface area contributed by atoms with Crippen LogP contribution in [0, 0.1) is 0 Å². The highest BCUT2D eigenvalue weighted by Gasteiger charge is 2.18. The van der Waals surface area contributed by atoms with E-state index in [-0.39, 0.29) is 5.91 Å². The van der Waals surface area contributed by atoms with Crippen LogP contribution in [-0.4, -0.2) is 52.4 Å². The van der Waals surface area contributed by atoms with Gasteiger partial charge < -0.3 is 10.2 Å². The summed E-state index contributed by atoms with van der Waals surface area (Å²) >= 11 is 0. The van der Waals surface area contributed by atoms with E-state index in [1.165, 1.54) is 6.20 Å².